The van der Waals surface area contributed by atoms with Gasteiger partial charge in [-0.15, -0.1) is 0 Å². The molecule has 0 fully saturated rings. The van der Waals surface area contributed by atoms with E-state index in [1.807, 2.05) is 72.8 Å². The van der Waals surface area contributed by atoms with E-state index in [9.17, 15) is 23.6 Å². The third-order valence-electron chi connectivity index (χ3n) is 14.4. The number of ether oxygens (including phenoxy) is 7. The van der Waals surface area contributed by atoms with Crippen LogP contribution in [0.2, 0.25) is 0 Å². The highest BCUT2D eigenvalue weighted by Gasteiger charge is 2.22. The summed E-state index contributed by atoms with van der Waals surface area (Å²) in [6.45, 7) is 4.69. The molecule has 0 amide bonds. The lowest BCUT2D eigenvalue weighted by Gasteiger charge is -2.15. The molecular weight excluding hydrogens is 1070 g/mol. The van der Waals surface area contributed by atoms with Crippen LogP contribution in [0.3, 0.4) is 0 Å². The first-order chi connectivity index (χ1) is 41.7. The molecule has 440 valence electrons. The number of nitrogens with zero attached hydrogens (tertiary/aromatic N) is 1. The van der Waals surface area contributed by atoms with Gasteiger partial charge in [-0.2, -0.15) is 5.26 Å². The summed E-state index contributed by atoms with van der Waals surface area (Å²) in [5, 5.41) is 9.23. The van der Waals surface area contributed by atoms with E-state index in [4.69, 9.17) is 33.2 Å². The number of nitriles is 1. The summed E-state index contributed by atoms with van der Waals surface area (Å²) in [4.78, 5) is 28.3. The molecule has 0 saturated heterocycles. The highest BCUT2D eigenvalue weighted by atomic mass is 19.1. The van der Waals surface area contributed by atoms with Crippen molar-refractivity contribution in [2.24, 2.45) is 0 Å². The van der Waals surface area contributed by atoms with Gasteiger partial charge in [0.15, 0.2) is 0 Å². The molecule has 0 saturated carbocycles. The summed E-state index contributed by atoms with van der Waals surface area (Å²) in [6.07, 6.45) is 15.8. The van der Waals surface area contributed by atoms with Crippen molar-refractivity contribution in [3.8, 4) is 79.7 Å². The number of carbonyl (C=O) groups excluding carboxylic acids is 2. The minimum Gasteiger partial charge on any atom is -0.494 e. The molecule has 10 nitrogen and oxygen atoms in total. The Kier molecular flexibility index (Phi) is 24.8. The van der Waals surface area contributed by atoms with E-state index in [-0.39, 0.29) is 28.5 Å². The number of hydrogen-bond acceptors (Lipinski definition) is 10. The molecule has 0 unspecified atom stereocenters. The molecule has 0 N–H and O–H groups in total. The van der Waals surface area contributed by atoms with Gasteiger partial charge in [-0.3, -0.25) is 0 Å². The maximum absolute atomic E-state index is 14.3. The fourth-order valence-corrected chi connectivity index (χ4v) is 9.55. The van der Waals surface area contributed by atoms with E-state index in [2.05, 4.69) is 13.0 Å². The van der Waals surface area contributed by atoms with Gasteiger partial charge >= 0.3 is 11.9 Å². The van der Waals surface area contributed by atoms with Gasteiger partial charge in [0.2, 0.25) is 0 Å². The van der Waals surface area contributed by atoms with Crippen LogP contribution < -0.4 is 33.2 Å². The number of unbranched alkanes of at least 4 members (excludes halogenated alkanes) is 13. The molecule has 8 aromatic carbocycles. The third-order valence-corrected chi connectivity index (χ3v) is 14.4. The molecule has 8 aromatic rings. The van der Waals surface area contributed by atoms with Gasteiger partial charge in [-0.25, -0.2) is 18.4 Å². The zero-order chi connectivity index (χ0) is 59.3. The molecule has 0 radical (unpaired) electrons. The molecule has 8 rings (SSSR count). The maximum atomic E-state index is 14.3. The molecule has 85 heavy (non-hydrogen) atoms. The van der Waals surface area contributed by atoms with Gasteiger partial charge in [0, 0.05) is 12.1 Å². The zero-order valence-corrected chi connectivity index (χ0v) is 48.5. The molecule has 0 atom stereocenters. The molecule has 0 spiro atoms. The van der Waals surface area contributed by atoms with Gasteiger partial charge in [0.25, 0.3) is 0 Å². The number of rotatable bonds is 35. The first-order valence-corrected chi connectivity index (χ1v) is 29.9. The standard InChI is InChI=1S/C73H75F2NO9/c1-2-3-4-5-8-15-46-81-67-42-43-70(73(78)84-66-40-30-60(31-41-66)55-20-18-54(53-76)19-21-55)71(52-67)85-72(77)61-49-68(82-47-16-11-6-9-13-44-79-64-36-26-58(27-37-64)56-22-32-62(74)33-23-56)51-69(50-61)83-48-17-12-7-10-14-45-80-65-38-28-59(29-39-65)57-24-34-63(75)35-25-57/h18-43,49-52H,2-17,44-48H2,1H3. The first-order valence-electron chi connectivity index (χ1n) is 29.9. The van der Waals surface area contributed by atoms with Gasteiger partial charge in [-0.05, 0) is 163 Å². The second kappa shape index (κ2) is 34.0. The van der Waals surface area contributed by atoms with Crippen LogP contribution in [0, 0.1) is 23.0 Å². The summed E-state index contributed by atoms with van der Waals surface area (Å²) in [5.74, 6) is 1.25. The monoisotopic (exact) mass is 1150 g/mol. The van der Waals surface area contributed by atoms with Crippen molar-refractivity contribution in [3.63, 3.8) is 0 Å². The fourth-order valence-electron chi connectivity index (χ4n) is 9.55. The van der Waals surface area contributed by atoms with E-state index < -0.39 is 11.9 Å². The fraction of sp³-hybridized carbons (Fsp3) is 0.301. The summed E-state index contributed by atoms with van der Waals surface area (Å²) < 4.78 is 69.4. The number of benzene rings is 8. The van der Waals surface area contributed by atoms with E-state index >= 15 is 0 Å². The van der Waals surface area contributed by atoms with Gasteiger partial charge in [0.1, 0.15) is 57.4 Å². The Labute approximate surface area is 499 Å². The third kappa shape index (κ3) is 20.7. The minimum absolute atomic E-state index is 0.0196. The van der Waals surface area contributed by atoms with Crippen LogP contribution >= 0.6 is 0 Å². The summed E-state index contributed by atoms with van der Waals surface area (Å²) in [5.41, 5.74) is 6.45. The molecule has 0 aliphatic rings. The average Bonchev–Trinajstić information content (AvgIpc) is 3.72. The number of esters is 2. The molecule has 0 bridgehead atoms. The smallest absolute Gasteiger partial charge is 0.347 e. The quantitative estimate of drug-likeness (QED) is 0.0216. The highest BCUT2D eigenvalue weighted by Crippen LogP contribution is 2.32. The van der Waals surface area contributed by atoms with Crippen LogP contribution in [-0.2, 0) is 0 Å². The SMILES string of the molecule is CCCCCCCCOc1ccc(C(=O)Oc2ccc(-c3ccc(C#N)cc3)cc2)c(OC(=O)c2cc(OCCCCCCCOc3ccc(-c4ccc(F)cc4)cc3)cc(OCCCCCCCOc3ccc(-c4ccc(F)cc4)cc3)c2)c1. The van der Waals surface area contributed by atoms with Crippen molar-refractivity contribution in [3.05, 3.63) is 210 Å². The summed E-state index contributed by atoms with van der Waals surface area (Å²) in [7, 11) is 0. The Morgan fingerprint density at radius 1 is 0.353 bits per heavy atom. The maximum Gasteiger partial charge on any atom is 0.347 e. The van der Waals surface area contributed by atoms with Crippen LogP contribution in [-0.4, -0.2) is 45.0 Å². The lowest BCUT2D eigenvalue weighted by atomic mass is 10.0. The Hall–Kier alpha value is -8.95. The van der Waals surface area contributed by atoms with Gasteiger partial charge < -0.3 is 33.2 Å². The van der Waals surface area contributed by atoms with Crippen LogP contribution in [0.4, 0.5) is 8.78 Å². The van der Waals surface area contributed by atoms with Crippen LogP contribution in [0.1, 0.15) is 136 Å². The molecule has 0 heterocycles. The van der Waals surface area contributed by atoms with Crippen molar-refractivity contribution in [2.45, 2.75) is 110 Å². The second-order valence-corrected chi connectivity index (χ2v) is 21.0. The second-order valence-electron chi connectivity index (χ2n) is 21.0. The molecular formula is C73H75F2NO9. The average molecular weight is 1150 g/mol. The first kappa shape index (κ1) is 62.1. The Morgan fingerprint density at radius 3 is 1.11 bits per heavy atom. The van der Waals surface area contributed by atoms with Crippen molar-refractivity contribution >= 4 is 11.9 Å². The normalized spacial score (nSPS) is 10.9. The predicted molar refractivity (Wildman–Crippen MR) is 330 cm³/mol. The molecule has 0 aliphatic heterocycles. The van der Waals surface area contributed by atoms with Crippen molar-refractivity contribution < 1.29 is 51.5 Å². The summed E-state index contributed by atoms with van der Waals surface area (Å²) >= 11 is 0. The van der Waals surface area contributed by atoms with Crippen molar-refractivity contribution in [1.29, 1.82) is 5.26 Å². The molecule has 12 heteroatoms. The minimum atomic E-state index is -0.721. The van der Waals surface area contributed by atoms with Crippen molar-refractivity contribution in [1.82, 2.24) is 0 Å². The number of halogens is 2. The lowest BCUT2D eigenvalue weighted by molar-refractivity contribution is 0.0705. The zero-order valence-electron chi connectivity index (χ0n) is 48.5. The highest BCUT2D eigenvalue weighted by molar-refractivity contribution is 5.97. The van der Waals surface area contributed by atoms with Crippen molar-refractivity contribution in [2.75, 3.05) is 33.0 Å². The van der Waals surface area contributed by atoms with Crippen LogP contribution in [0.5, 0.6) is 40.2 Å². The van der Waals surface area contributed by atoms with Gasteiger partial charge in [0.05, 0.1) is 50.2 Å². The van der Waals surface area contributed by atoms with E-state index in [0.717, 1.165) is 128 Å². The summed E-state index contributed by atoms with van der Waals surface area (Å²) in [6, 6.07) is 54.7. The largest absolute Gasteiger partial charge is 0.494 e. The van der Waals surface area contributed by atoms with Gasteiger partial charge in [-0.1, -0.05) is 150 Å². The van der Waals surface area contributed by atoms with E-state index in [1.165, 1.54) is 43.5 Å². The Balaban J connectivity index is 0.863. The molecule has 0 aromatic heterocycles. The predicted octanol–water partition coefficient (Wildman–Crippen LogP) is 18.8. The van der Waals surface area contributed by atoms with Crippen LogP contribution in [0.25, 0.3) is 33.4 Å². The number of hydrogen-bond donors (Lipinski definition) is 0. The van der Waals surface area contributed by atoms with E-state index in [0.29, 0.717) is 61.6 Å². The van der Waals surface area contributed by atoms with E-state index in [1.54, 1.807) is 84.9 Å². The topological polar surface area (TPSA) is 123 Å². The number of carbonyl (C=O) groups is 2. The Bertz CT molecular complexity index is 3220. The molecule has 0 aliphatic carbocycles. The Morgan fingerprint density at radius 2 is 0.694 bits per heavy atom. The lowest BCUT2D eigenvalue weighted by Crippen LogP contribution is -2.15. The van der Waals surface area contributed by atoms with Crippen LogP contribution in [0.15, 0.2) is 182 Å².